The van der Waals surface area contributed by atoms with Crippen LogP contribution in [0.15, 0.2) is 0 Å². The summed E-state index contributed by atoms with van der Waals surface area (Å²) >= 11 is 0. The lowest BCUT2D eigenvalue weighted by molar-refractivity contribution is -0.143. The number of aliphatic carboxylic acids is 1. The summed E-state index contributed by atoms with van der Waals surface area (Å²) in [6, 6.07) is 0. The molecule has 1 atom stereocenters. The minimum atomic E-state index is -0.696. The Balaban J connectivity index is 0.00000144. The first-order chi connectivity index (χ1) is 5.25. The van der Waals surface area contributed by atoms with Crippen molar-refractivity contribution in [1.82, 2.24) is 5.32 Å². The Morgan fingerprint density at radius 1 is 1.38 bits per heavy atom. The average Bonchev–Trinajstić information content (AvgIpc) is 1.99. The van der Waals surface area contributed by atoms with Gasteiger partial charge in [-0.1, -0.05) is 0 Å². The van der Waals surface area contributed by atoms with Gasteiger partial charge >= 0.3 is 5.97 Å². The maximum absolute atomic E-state index is 10.9. The summed E-state index contributed by atoms with van der Waals surface area (Å²) in [5.41, 5.74) is -0.331. The van der Waals surface area contributed by atoms with Crippen LogP contribution in [-0.4, -0.2) is 27.6 Å². The fraction of sp³-hybridized carbons (Fsp3) is 0.889. The molecule has 0 aromatic carbocycles. The number of hydrogen-bond acceptors (Lipinski definition) is 2. The van der Waals surface area contributed by atoms with Crippen LogP contribution in [0, 0.1) is 5.92 Å². The molecule has 0 aliphatic carbocycles. The molecule has 0 spiro atoms. The summed E-state index contributed by atoms with van der Waals surface area (Å²) in [5, 5.41) is 12.3. The molecule has 13 heavy (non-hydrogen) atoms. The second kappa shape index (κ2) is 3.27. The largest absolute Gasteiger partial charge is 0.481 e. The van der Waals surface area contributed by atoms with Gasteiger partial charge in [0.1, 0.15) is 0 Å². The molecule has 1 aliphatic heterocycles. The molecule has 0 aromatic heterocycles. The number of carboxylic acids is 1. The van der Waals surface area contributed by atoms with Crippen molar-refractivity contribution in [2.45, 2.75) is 45.2 Å². The van der Waals surface area contributed by atoms with E-state index in [1.54, 1.807) is 0 Å². The Morgan fingerprint density at radius 3 is 2.00 bits per heavy atom. The van der Waals surface area contributed by atoms with E-state index in [-0.39, 0.29) is 22.5 Å². The van der Waals surface area contributed by atoms with Crippen molar-refractivity contribution in [1.29, 1.82) is 0 Å². The van der Waals surface area contributed by atoms with Crippen molar-refractivity contribution in [2.24, 2.45) is 5.92 Å². The molecule has 78 valence electrons. The highest BCUT2D eigenvalue weighted by molar-refractivity contribution is 5.72. The molecule has 1 heterocycles. The van der Waals surface area contributed by atoms with E-state index in [1.807, 2.05) is 27.7 Å². The highest BCUT2D eigenvalue weighted by Gasteiger charge is 2.47. The molecule has 0 saturated carbocycles. The highest BCUT2D eigenvalue weighted by Crippen LogP contribution is 2.35. The van der Waals surface area contributed by atoms with Crippen LogP contribution in [0.4, 0.5) is 0 Å². The second-order valence-corrected chi connectivity index (χ2v) is 4.83. The first-order valence-corrected chi connectivity index (χ1v) is 4.27. The molecule has 0 aromatic rings. The number of nitrogens with one attached hydrogen (secondary N) is 1. The lowest BCUT2D eigenvalue weighted by Crippen LogP contribution is -2.46. The van der Waals surface area contributed by atoms with E-state index in [2.05, 4.69) is 5.32 Å². The average molecular weight is 189 g/mol. The molecule has 0 amide bonds. The third kappa shape index (κ3) is 2.42. The summed E-state index contributed by atoms with van der Waals surface area (Å²) in [6.45, 7) is 7.97. The molecular weight excluding hydrogens is 170 g/mol. The van der Waals surface area contributed by atoms with Crippen LogP contribution in [0.2, 0.25) is 0 Å². The lowest BCUT2D eigenvalue weighted by atomic mass is 9.87. The first-order valence-electron chi connectivity index (χ1n) is 4.27. The minimum Gasteiger partial charge on any atom is -0.481 e. The van der Waals surface area contributed by atoms with E-state index in [0.29, 0.717) is 6.42 Å². The van der Waals surface area contributed by atoms with Gasteiger partial charge in [-0.3, -0.25) is 4.79 Å². The number of carboxylic acid groups (broad SMARTS) is 1. The predicted molar refractivity (Wildman–Crippen MR) is 50.7 cm³/mol. The smallest absolute Gasteiger partial charge is 0.308 e. The van der Waals surface area contributed by atoms with Crippen LogP contribution in [0.5, 0.6) is 0 Å². The van der Waals surface area contributed by atoms with Gasteiger partial charge in [0.25, 0.3) is 0 Å². The van der Waals surface area contributed by atoms with Gasteiger partial charge in [0.15, 0.2) is 0 Å². The van der Waals surface area contributed by atoms with Crippen LogP contribution in [0.25, 0.3) is 0 Å². The van der Waals surface area contributed by atoms with Crippen molar-refractivity contribution in [3.05, 3.63) is 0 Å². The Labute approximate surface area is 78.6 Å². The standard InChI is InChI=1S/C9H17NO2.H2O/c1-8(2)5-6(7(11)12)9(3,4)10-8;/h6,10H,5H2,1-4H3,(H,11,12);1H2. The van der Waals surface area contributed by atoms with Gasteiger partial charge in [0, 0.05) is 11.1 Å². The summed E-state index contributed by atoms with van der Waals surface area (Å²) in [6.07, 6.45) is 0.704. The summed E-state index contributed by atoms with van der Waals surface area (Å²) < 4.78 is 0. The lowest BCUT2D eigenvalue weighted by Gasteiger charge is -2.26. The number of carbonyl (C=O) groups is 1. The zero-order valence-corrected chi connectivity index (χ0v) is 8.64. The fourth-order valence-electron chi connectivity index (χ4n) is 2.17. The molecule has 0 bridgehead atoms. The topological polar surface area (TPSA) is 80.8 Å². The zero-order valence-electron chi connectivity index (χ0n) is 8.64. The van der Waals surface area contributed by atoms with E-state index < -0.39 is 5.97 Å². The van der Waals surface area contributed by atoms with Gasteiger partial charge in [-0.25, -0.2) is 0 Å². The van der Waals surface area contributed by atoms with Crippen LogP contribution in [-0.2, 0) is 4.79 Å². The van der Waals surface area contributed by atoms with Gasteiger partial charge in [-0.05, 0) is 34.1 Å². The van der Waals surface area contributed by atoms with Crippen LogP contribution < -0.4 is 5.32 Å². The van der Waals surface area contributed by atoms with Gasteiger partial charge in [0.05, 0.1) is 5.92 Å². The van der Waals surface area contributed by atoms with Crippen molar-refractivity contribution in [3.8, 4) is 0 Å². The van der Waals surface area contributed by atoms with Crippen molar-refractivity contribution < 1.29 is 15.4 Å². The molecule has 1 fully saturated rings. The van der Waals surface area contributed by atoms with E-state index in [0.717, 1.165) is 0 Å². The third-order valence-corrected chi connectivity index (χ3v) is 2.54. The van der Waals surface area contributed by atoms with Crippen molar-refractivity contribution in [2.75, 3.05) is 0 Å². The molecule has 4 heteroatoms. The summed E-state index contributed by atoms with van der Waals surface area (Å²) in [4.78, 5) is 10.9. The highest BCUT2D eigenvalue weighted by atomic mass is 16.4. The van der Waals surface area contributed by atoms with Crippen LogP contribution in [0.3, 0.4) is 0 Å². The fourth-order valence-corrected chi connectivity index (χ4v) is 2.17. The van der Waals surface area contributed by atoms with Gasteiger partial charge in [-0.15, -0.1) is 0 Å². The van der Waals surface area contributed by atoms with E-state index in [1.165, 1.54) is 0 Å². The Hall–Kier alpha value is -0.610. The molecule has 1 aliphatic rings. The third-order valence-electron chi connectivity index (χ3n) is 2.54. The molecule has 4 N–H and O–H groups in total. The Bertz CT molecular complexity index is 211. The molecule has 1 unspecified atom stereocenters. The summed E-state index contributed by atoms with van der Waals surface area (Å²) in [5.74, 6) is -0.967. The Kier molecular flexibility index (Phi) is 3.12. The predicted octanol–water partition coefficient (Wildman–Crippen LogP) is 0.413. The zero-order chi connectivity index (χ0) is 9.57. The van der Waals surface area contributed by atoms with Crippen molar-refractivity contribution in [3.63, 3.8) is 0 Å². The first kappa shape index (κ1) is 12.4. The van der Waals surface area contributed by atoms with Gasteiger partial charge in [-0.2, -0.15) is 0 Å². The SMILES string of the molecule is CC1(C)CC(C(=O)O)C(C)(C)N1.O. The van der Waals surface area contributed by atoms with Crippen LogP contribution >= 0.6 is 0 Å². The Morgan fingerprint density at radius 2 is 1.85 bits per heavy atom. The summed E-state index contributed by atoms with van der Waals surface area (Å²) in [7, 11) is 0. The molecule has 0 radical (unpaired) electrons. The van der Waals surface area contributed by atoms with E-state index in [4.69, 9.17) is 5.11 Å². The second-order valence-electron chi connectivity index (χ2n) is 4.83. The molecule has 4 nitrogen and oxygen atoms in total. The molecule has 1 rings (SSSR count). The molecule has 1 saturated heterocycles. The number of rotatable bonds is 1. The maximum Gasteiger partial charge on any atom is 0.308 e. The normalized spacial score (nSPS) is 29.4. The van der Waals surface area contributed by atoms with Gasteiger partial charge in [0.2, 0.25) is 0 Å². The van der Waals surface area contributed by atoms with Crippen molar-refractivity contribution >= 4 is 5.97 Å². The number of hydrogen-bond donors (Lipinski definition) is 2. The molecular formula is C9H19NO3. The quantitative estimate of drug-likeness (QED) is 0.627. The maximum atomic E-state index is 10.9. The van der Waals surface area contributed by atoms with E-state index in [9.17, 15) is 4.79 Å². The monoisotopic (exact) mass is 189 g/mol. The van der Waals surface area contributed by atoms with Gasteiger partial charge < -0.3 is 15.9 Å². The minimum absolute atomic E-state index is 0. The van der Waals surface area contributed by atoms with Crippen LogP contribution in [0.1, 0.15) is 34.1 Å². The van der Waals surface area contributed by atoms with E-state index >= 15 is 0 Å².